The highest BCUT2D eigenvalue weighted by molar-refractivity contribution is 5.78. The van der Waals surface area contributed by atoms with Gasteiger partial charge in [-0.1, -0.05) is 30.3 Å². The zero-order valence-electron chi connectivity index (χ0n) is 13.0. The molecule has 1 aromatic carbocycles. The van der Waals surface area contributed by atoms with Crippen molar-refractivity contribution in [2.45, 2.75) is 50.1 Å². The van der Waals surface area contributed by atoms with Crippen LogP contribution in [0.3, 0.4) is 0 Å². The smallest absolute Gasteiger partial charge is 0.318 e. The van der Waals surface area contributed by atoms with Crippen LogP contribution in [0.15, 0.2) is 30.3 Å². The first-order valence-electron chi connectivity index (χ1n) is 8.85. The Bertz CT molecular complexity index is 561. The number of urea groups is 1. The van der Waals surface area contributed by atoms with Crippen molar-refractivity contribution in [3.63, 3.8) is 0 Å². The van der Waals surface area contributed by atoms with Crippen molar-refractivity contribution >= 4 is 6.03 Å². The van der Waals surface area contributed by atoms with Crippen LogP contribution in [-0.4, -0.2) is 23.0 Å². The van der Waals surface area contributed by atoms with Gasteiger partial charge in [0.15, 0.2) is 0 Å². The van der Waals surface area contributed by atoms with E-state index in [2.05, 4.69) is 34.5 Å². The molecule has 4 saturated carbocycles. The lowest BCUT2D eigenvalue weighted by Crippen LogP contribution is -2.60. The molecule has 1 aromatic rings. The number of amides is 2. The predicted octanol–water partition coefficient (Wildman–Crippen LogP) is 3.72. The zero-order chi connectivity index (χ0) is 14.7. The van der Waals surface area contributed by atoms with Crippen molar-refractivity contribution in [2.75, 3.05) is 6.54 Å². The molecule has 1 heterocycles. The van der Waals surface area contributed by atoms with Gasteiger partial charge >= 0.3 is 6.03 Å². The predicted molar refractivity (Wildman–Crippen MR) is 85.3 cm³/mol. The average Bonchev–Trinajstić information content (AvgIpc) is 2.90. The molecule has 3 nitrogen and oxygen atoms in total. The van der Waals surface area contributed by atoms with Crippen LogP contribution in [0.5, 0.6) is 0 Å². The van der Waals surface area contributed by atoms with Crippen LogP contribution >= 0.6 is 0 Å². The summed E-state index contributed by atoms with van der Waals surface area (Å²) in [6.07, 6.45) is 8.06. The van der Waals surface area contributed by atoms with Gasteiger partial charge in [-0.25, -0.2) is 4.79 Å². The van der Waals surface area contributed by atoms with Gasteiger partial charge in [-0.05, 0) is 61.8 Å². The maximum Gasteiger partial charge on any atom is 0.318 e. The third-order valence-corrected chi connectivity index (χ3v) is 6.69. The quantitative estimate of drug-likeness (QED) is 0.886. The molecule has 1 N–H and O–H groups in total. The lowest BCUT2D eigenvalue weighted by Gasteiger charge is -2.59. The average molecular weight is 296 g/mol. The van der Waals surface area contributed by atoms with Crippen LogP contribution < -0.4 is 5.32 Å². The van der Waals surface area contributed by atoms with E-state index in [4.69, 9.17) is 0 Å². The Morgan fingerprint density at radius 1 is 0.955 bits per heavy atom. The molecule has 1 unspecified atom stereocenters. The Hall–Kier alpha value is -1.51. The van der Waals surface area contributed by atoms with Crippen LogP contribution in [0.1, 0.15) is 50.1 Å². The van der Waals surface area contributed by atoms with Gasteiger partial charge < -0.3 is 10.2 Å². The Morgan fingerprint density at radius 3 is 2.14 bits per heavy atom. The van der Waals surface area contributed by atoms with Crippen LogP contribution in [0.2, 0.25) is 0 Å². The van der Waals surface area contributed by atoms with Gasteiger partial charge in [0, 0.05) is 12.1 Å². The van der Waals surface area contributed by atoms with E-state index in [-0.39, 0.29) is 17.6 Å². The molecule has 5 fully saturated rings. The third kappa shape index (κ3) is 1.84. The Labute approximate surface area is 132 Å². The number of hydrogen-bond acceptors (Lipinski definition) is 1. The van der Waals surface area contributed by atoms with E-state index in [0.717, 1.165) is 24.3 Å². The van der Waals surface area contributed by atoms with Crippen molar-refractivity contribution in [1.82, 2.24) is 10.2 Å². The fourth-order valence-corrected chi connectivity index (χ4v) is 6.22. The molecule has 1 saturated heterocycles. The van der Waals surface area contributed by atoms with Crippen molar-refractivity contribution in [3.05, 3.63) is 35.9 Å². The number of benzene rings is 1. The number of nitrogens with one attached hydrogen (secondary N) is 1. The molecule has 0 spiro atoms. The highest BCUT2D eigenvalue weighted by atomic mass is 16.2. The van der Waals surface area contributed by atoms with Crippen LogP contribution in [0.4, 0.5) is 4.79 Å². The van der Waals surface area contributed by atoms with Gasteiger partial charge in [0.2, 0.25) is 0 Å². The molecular weight excluding hydrogens is 272 g/mol. The zero-order valence-corrected chi connectivity index (χ0v) is 13.0. The monoisotopic (exact) mass is 296 g/mol. The molecule has 1 atom stereocenters. The molecule has 6 rings (SSSR count). The molecule has 4 bridgehead atoms. The summed E-state index contributed by atoms with van der Waals surface area (Å²) in [6.45, 7) is 0.856. The summed E-state index contributed by atoms with van der Waals surface area (Å²) in [6, 6.07) is 10.8. The van der Waals surface area contributed by atoms with E-state index in [1.165, 1.54) is 44.1 Å². The minimum absolute atomic E-state index is 0.168. The van der Waals surface area contributed by atoms with E-state index in [9.17, 15) is 4.79 Å². The molecule has 116 valence electrons. The lowest BCUT2D eigenvalue weighted by molar-refractivity contribution is -0.0651. The maximum absolute atomic E-state index is 12.7. The fourth-order valence-electron chi connectivity index (χ4n) is 6.22. The summed E-state index contributed by atoms with van der Waals surface area (Å²) < 4.78 is 0. The van der Waals surface area contributed by atoms with E-state index >= 15 is 0 Å². The second kappa shape index (κ2) is 4.50. The van der Waals surface area contributed by atoms with Crippen molar-refractivity contribution < 1.29 is 4.79 Å². The second-order valence-electron chi connectivity index (χ2n) is 8.17. The summed E-state index contributed by atoms with van der Waals surface area (Å²) in [4.78, 5) is 14.9. The first-order valence-corrected chi connectivity index (χ1v) is 8.85. The van der Waals surface area contributed by atoms with E-state index in [0.29, 0.717) is 0 Å². The van der Waals surface area contributed by atoms with Crippen molar-refractivity contribution in [3.8, 4) is 0 Å². The lowest BCUT2D eigenvalue weighted by atomic mass is 9.52. The molecule has 2 amide bonds. The van der Waals surface area contributed by atoms with Gasteiger partial charge in [0.25, 0.3) is 0 Å². The largest absolute Gasteiger partial charge is 0.329 e. The number of rotatable bonds is 2. The molecule has 3 heteroatoms. The Balaban J connectivity index is 1.43. The number of nitrogens with zero attached hydrogens (tertiary/aromatic N) is 1. The minimum Gasteiger partial charge on any atom is -0.329 e. The molecular formula is C19H24N2O. The summed E-state index contributed by atoms with van der Waals surface area (Å²) in [5, 5.41) is 3.23. The maximum atomic E-state index is 12.7. The standard InChI is InChI=1S/C19H24N2O/c22-18-20-17(16-4-2-1-3-5-16)12-21(18)19-9-13-6-14(10-19)8-15(7-13)11-19/h1-5,13-15,17H,6-12H2,(H,20,22). The van der Waals surface area contributed by atoms with Gasteiger partial charge in [0.1, 0.15) is 0 Å². The third-order valence-electron chi connectivity index (χ3n) is 6.69. The normalized spacial score (nSPS) is 42.7. The Morgan fingerprint density at radius 2 is 1.55 bits per heavy atom. The van der Waals surface area contributed by atoms with Crippen LogP contribution in [0, 0.1) is 17.8 Å². The number of hydrogen-bond donors (Lipinski definition) is 1. The van der Waals surface area contributed by atoms with Gasteiger partial charge in [-0.3, -0.25) is 0 Å². The van der Waals surface area contributed by atoms with Gasteiger partial charge in [-0.2, -0.15) is 0 Å². The highest BCUT2D eigenvalue weighted by Gasteiger charge is 2.56. The van der Waals surface area contributed by atoms with Crippen molar-refractivity contribution in [2.24, 2.45) is 17.8 Å². The highest BCUT2D eigenvalue weighted by Crippen LogP contribution is 2.58. The number of carbonyl (C=O) groups excluding carboxylic acids is 1. The topological polar surface area (TPSA) is 32.3 Å². The molecule has 0 radical (unpaired) electrons. The molecule has 0 aromatic heterocycles. The Kier molecular flexibility index (Phi) is 2.65. The van der Waals surface area contributed by atoms with Crippen LogP contribution in [0.25, 0.3) is 0 Å². The second-order valence-corrected chi connectivity index (χ2v) is 8.17. The first-order chi connectivity index (χ1) is 10.7. The minimum atomic E-state index is 0.168. The van der Waals surface area contributed by atoms with E-state index in [1.807, 2.05) is 6.07 Å². The summed E-state index contributed by atoms with van der Waals surface area (Å²) >= 11 is 0. The van der Waals surface area contributed by atoms with Crippen molar-refractivity contribution in [1.29, 1.82) is 0 Å². The molecule has 1 aliphatic heterocycles. The van der Waals surface area contributed by atoms with E-state index < -0.39 is 0 Å². The van der Waals surface area contributed by atoms with Gasteiger partial charge in [-0.15, -0.1) is 0 Å². The van der Waals surface area contributed by atoms with Gasteiger partial charge in [0.05, 0.1) is 6.04 Å². The molecule has 4 aliphatic carbocycles. The SMILES string of the molecule is O=C1NC(c2ccccc2)CN1C12CC3CC(CC(C3)C1)C2. The molecule has 22 heavy (non-hydrogen) atoms. The van der Waals surface area contributed by atoms with Crippen LogP contribution in [-0.2, 0) is 0 Å². The summed E-state index contributed by atoms with van der Waals surface area (Å²) in [5.41, 5.74) is 1.42. The summed E-state index contributed by atoms with van der Waals surface area (Å²) in [7, 11) is 0. The number of carbonyl (C=O) groups is 1. The first kappa shape index (κ1) is 13.0. The molecule has 5 aliphatic rings. The fraction of sp³-hybridized carbons (Fsp3) is 0.632. The van der Waals surface area contributed by atoms with E-state index in [1.54, 1.807) is 0 Å². The summed E-state index contributed by atoms with van der Waals surface area (Å²) in [5.74, 6) is 2.65.